The molecule has 0 radical (unpaired) electrons. The van der Waals surface area contributed by atoms with Crippen molar-refractivity contribution >= 4 is 45.1 Å². The van der Waals surface area contributed by atoms with Crippen LogP contribution >= 0.6 is 23.1 Å². The van der Waals surface area contributed by atoms with Gasteiger partial charge in [0.05, 0.1) is 36.6 Å². The second-order valence-electron chi connectivity index (χ2n) is 8.03. The maximum absolute atomic E-state index is 13.8. The number of carbonyl (C=O) groups excluding carboxylic acids is 2. The highest BCUT2D eigenvalue weighted by Crippen LogP contribution is 2.34. The van der Waals surface area contributed by atoms with Gasteiger partial charge in [0, 0.05) is 31.4 Å². The number of carbonyl (C=O) groups is 2. The number of aromatic nitrogens is 2. The Morgan fingerprint density at radius 3 is 2.61 bits per heavy atom. The Hall–Kier alpha value is -2.69. The van der Waals surface area contributed by atoms with Crippen LogP contribution < -0.4 is 5.56 Å². The van der Waals surface area contributed by atoms with Crippen LogP contribution in [0.25, 0.3) is 15.9 Å². The minimum absolute atomic E-state index is 0.0137. The van der Waals surface area contributed by atoms with Crippen LogP contribution in [-0.2, 0) is 27.3 Å². The summed E-state index contributed by atoms with van der Waals surface area (Å²) in [6.45, 7) is 4.95. The summed E-state index contributed by atoms with van der Waals surface area (Å²) in [5.74, 6) is 0.249. The van der Waals surface area contributed by atoms with Crippen molar-refractivity contribution in [3.8, 4) is 5.69 Å². The molecule has 2 aromatic heterocycles. The molecule has 0 bridgehead atoms. The molecule has 172 valence electrons. The van der Waals surface area contributed by atoms with Crippen LogP contribution in [0.3, 0.4) is 0 Å². The molecule has 2 aliphatic heterocycles. The number of amides is 2. The Kier molecular flexibility index (Phi) is 6.22. The Morgan fingerprint density at radius 2 is 1.88 bits per heavy atom. The molecule has 0 unspecified atom stereocenters. The zero-order valence-electron chi connectivity index (χ0n) is 18.3. The van der Waals surface area contributed by atoms with Gasteiger partial charge in [0.2, 0.25) is 11.8 Å². The summed E-state index contributed by atoms with van der Waals surface area (Å²) in [6, 6.07) is 9.41. The Balaban J connectivity index is 1.55. The molecule has 3 aromatic rings. The molecule has 4 heterocycles. The highest BCUT2D eigenvalue weighted by molar-refractivity contribution is 7.99. The number of fused-ring (bicyclic) bond motifs is 3. The van der Waals surface area contributed by atoms with E-state index in [1.807, 2.05) is 30.3 Å². The van der Waals surface area contributed by atoms with Gasteiger partial charge in [0.25, 0.3) is 5.56 Å². The molecule has 0 atom stereocenters. The number of rotatable bonds is 4. The number of morpholine rings is 1. The van der Waals surface area contributed by atoms with Crippen molar-refractivity contribution in [1.29, 1.82) is 0 Å². The summed E-state index contributed by atoms with van der Waals surface area (Å²) in [6.07, 6.45) is 0.641. The van der Waals surface area contributed by atoms with Crippen molar-refractivity contribution in [2.75, 3.05) is 38.6 Å². The van der Waals surface area contributed by atoms with E-state index in [4.69, 9.17) is 9.72 Å². The van der Waals surface area contributed by atoms with Crippen LogP contribution in [-0.4, -0.2) is 69.8 Å². The van der Waals surface area contributed by atoms with Gasteiger partial charge < -0.3 is 14.5 Å². The standard InChI is InChI=1S/C23H24N4O4S2/c1-15(28)26-8-7-17-18(13-26)33-21-20(17)22(30)27(16-5-3-2-4-6-16)23(24-21)32-14-19(29)25-9-11-31-12-10-25/h2-6H,7-14H2,1H3. The third-order valence-corrected chi connectivity index (χ3v) is 8.03. The number of benzene rings is 1. The smallest absolute Gasteiger partial charge is 0.267 e. The lowest BCUT2D eigenvalue weighted by Crippen LogP contribution is -2.41. The number of para-hydroxylation sites is 1. The van der Waals surface area contributed by atoms with E-state index in [0.717, 1.165) is 16.1 Å². The van der Waals surface area contributed by atoms with Crippen molar-refractivity contribution in [1.82, 2.24) is 19.4 Å². The van der Waals surface area contributed by atoms with Crippen molar-refractivity contribution in [2.45, 2.75) is 25.0 Å². The molecular formula is C23H24N4O4S2. The molecule has 0 spiro atoms. The van der Waals surface area contributed by atoms with Gasteiger partial charge in [-0.3, -0.25) is 19.0 Å². The Bertz CT molecular complexity index is 1260. The number of hydrogen-bond donors (Lipinski definition) is 0. The third kappa shape index (κ3) is 4.30. The van der Waals surface area contributed by atoms with Gasteiger partial charge >= 0.3 is 0 Å². The summed E-state index contributed by atoms with van der Waals surface area (Å²) in [5, 5.41) is 1.13. The first-order chi connectivity index (χ1) is 16.0. The first kappa shape index (κ1) is 22.1. The molecule has 8 nitrogen and oxygen atoms in total. The number of ether oxygens (including phenoxy) is 1. The summed E-state index contributed by atoms with van der Waals surface area (Å²) in [4.78, 5) is 48.5. The fourth-order valence-corrected chi connectivity index (χ4v) is 6.42. The lowest BCUT2D eigenvalue weighted by atomic mass is 10.1. The molecule has 2 aliphatic rings. The zero-order valence-corrected chi connectivity index (χ0v) is 19.9. The molecule has 1 aromatic carbocycles. The lowest BCUT2D eigenvalue weighted by Gasteiger charge is -2.26. The highest BCUT2D eigenvalue weighted by atomic mass is 32.2. The molecule has 1 fully saturated rings. The fourth-order valence-electron chi connectivity index (χ4n) is 4.22. The van der Waals surface area contributed by atoms with E-state index >= 15 is 0 Å². The largest absolute Gasteiger partial charge is 0.378 e. The van der Waals surface area contributed by atoms with Crippen molar-refractivity contribution < 1.29 is 14.3 Å². The van der Waals surface area contributed by atoms with E-state index < -0.39 is 0 Å². The van der Waals surface area contributed by atoms with Crippen LogP contribution in [0.1, 0.15) is 17.4 Å². The van der Waals surface area contributed by atoms with Gasteiger partial charge in [0.15, 0.2) is 5.16 Å². The van der Waals surface area contributed by atoms with Gasteiger partial charge in [-0.05, 0) is 24.1 Å². The summed E-state index contributed by atoms with van der Waals surface area (Å²) >= 11 is 2.76. The Morgan fingerprint density at radius 1 is 1.12 bits per heavy atom. The quantitative estimate of drug-likeness (QED) is 0.417. The monoisotopic (exact) mass is 484 g/mol. The lowest BCUT2D eigenvalue weighted by molar-refractivity contribution is -0.132. The van der Waals surface area contributed by atoms with E-state index in [1.54, 1.807) is 21.3 Å². The molecule has 33 heavy (non-hydrogen) atoms. The average molecular weight is 485 g/mol. The van der Waals surface area contributed by atoms with E-state index in [9.17, 15) is 14.4 Å². The molecule has 0 saturated carbocycles. The number of nitrogens with zero attached hydrogens (tertiary/aromatic N) is 4. The average Bonchev–Trinajstić information content (AvgIpc) is 3.21. The topological polar surface area (TPSA) is 84.7 Å². The number of hydrogen-bond acceptors (Lipinski definition) is 7. The molecule has 0 N–H and O–H groups in total. The van der Waals surface area contributed by atoms with Gasteiger partial charge in [-0.1, -0.05) is 30.0 Å². The summed E-state index contributed by atoms with van der Waals surface area (Å²) in [7, 11) is 0. The van der Waals surface area contributed by atoms with Crippen molar-refractivity contribution in [3.05, 3.63) is 51.1 Å². The van der Waals surface area contributed by atoms with Gasteiger partial charge in [-0.2, -0.15) is 0 Å². The minimum atomic E-state index is -0.124. The first-order valence-corrected chi connectivity index (χ1v) is 12.7. The molecule has 2 amide bonds. The molecular weight excluding hydrogens is 460 g/mol. The maximum Gasteiger partial charge on any atom is 0.267 e. The van der Waals surface area contributed by atoms with E-state index in [-0.39, 0.29) is 23.1 Å². The predicted molar refractivity (Wildman–Crippen MR) is 128 cm³/mol. The van der Waals surface area contributed by atoms with Crippen LogP contribution in [0, 0.1) is 0 Å². The first-order valence-electron chi connectivity index (χ1n) is 10.9. The van der Waals surface area contributed by atoms with Gasteiger partial charge in [0.1, 0.15) is 4.83 Å². The van der Waals surface area contributed by atoms with E-state index in [1.165, 1.54) is 23.1 Å². The summed E-state index contributed by atoms with van der Waals surface area (Å²) < 4.78 is 6.95. The SMILES string of the molecule is CC(=O)N1CCc2c(sc3nc(SCC(=O)N4CCOCC4)n(-c4ccccc4)c(=O)c23)C1. The van der Waals surface area contributed by atoms with Gasteiger partial charge in [-0.15, -0.1) is 11.3 Å². The molecule has 5 rings (SSSR count). The number of thioether (sulfide) groups is 1. The normalized spacial score (nSPS) is 16.2. The van der Waals surface area contributed by atoms with Gasteiger partial charge in [-0.25, -0.2) is 4.98 Å². The van der Waals surface area contributed by atoms with Crippen LogP contribution in [0.2, 0.25) is 0 Å². The molecule has 1 saturated heterocycles. The van der Waals surface area contributed by atoms with Crippen molar-refractivity contribution in [3.63, 3.8) is 0 Å². The molecule has 10 heteroatoms. The fraction of sp³-hybridized carbons (Fsp3) is 0.391. The third-order valence-electron chi connectivity index (χ3n) is 5.99. The second-order valence-corrected chi connectivity index (χ2v) is 10.1. The second kappa shape index (κ2) is 9.28. The highest BCUT2D eigenvalue weighted by Gasteiger charge is 2.27. The van der Waals surface area contributed by atoms with Crippen LogP contribution in [0.5, 0.6) is 0 Å². The van der Waals surface area contributed by atoms with Crippen molar-refractivity contribution in [2.24, 2.45) is 0 Å². The zero-order chi connectivity index (χ0) is 22.9. The summed E-state index contributed by atoms with van der Waals surface area (Å²) in [5.41, 5.74) is 1.59. The molecule has 0 aliphatic carbocycles. The van der Waals surface area contributed by atoms with E-state index in [2.05, 4.69) is 0 Å². The predicted octanol–water partition coefficient (Wildman–Crippen LogP) is 2.30. The van der Waals surface area contributed by atoms with Crippen LogP contribution in [0.15, 0.2) is 40.3 Å². The minimum Gasteiger partial charge on any atom is -0.378 e. The Labute approximate surface area is 199 Å². The van der Waals surface area contributed by atoms with E-state index in [0.29, 0.717) is 61.2 Å². The maximum atomic E-state index is 13.8. The van der Waals surface area contributed by atoms with Crippen LogP contribution in [0.4, 0.5) is 0 Å². The number of thiophene rings is 1.